The maximum Gasteiger partial charge on any atom is 0.289 e. The molecule has 1 atom stereocenters. The second kappa shape index (κ2) is 5.97. The predicted molar refractivity (Wildman–Crippen MR) is 74.9 cm³/mol. The molecule has 1 aromatic heterocycles. The van der Waals surface area contributed by atoms with E-state index >= 15 is 0 Å². The van der Waals surface area contributed by atoms with Crippen LogP contribution in [0.4, 0.5) is 0 Å². The molecule has 112 valence electrons. The molecule has 0 bridgehead atoms. The Labute approximate surface area is 119 Å². The second-order valence-corrected chi connectivity index (χ2v) is 7.12. The van der Waals surface area contributed by atoms with Crippen LogP contribution in [-0.2, 0) is 10.0 Å². The van der Waals surface area contributed by atoms with Crippen molar-refractivity contribution in [2.24, 2.45) is 5.92 Å². The second-order valence-electron chi connectivity index (χ2n) is 5.29. The Kier molecular flexibility index (Phi) is 4.49. The summed E-state index contributed by atoms with van der Waals surface area (Å²) in [6.45, 7) is 3.42. The molecule has 1 aliphatic rings. The number of carbonyl (C=O) groups is 1. The molecule has 0 spiro atoms. The first-order valence-corrected chi connectivity index (χ1v) is 8.54. The third-order valence-electron chi connectivity index (χ3n) is 3.39. The highest BCUT2D eigenvalue weighted by Gasteiger charge is 2.26. The molecule has 1 saturated heterocycles. The van der Waals surface area contributed by atoms with Crippen LogP contribution in [-0.4, -0.2) is 45.1 Å². The van der Waals surface area contributed by atoms with Gasteiger partial charge in [0.2, 0.25) is 10.0 Å². The van der Waals surface area contributed by atoms with Crippen LogP contribution in [0.2, 0.25) is 0 Å². The molecule has 2 rings (SSSR count). The summed E-state index contributed by atoms with van der Waals surface area (Å²) in [5, 5.41) is 0. The van der Waals surface area contributed by atoms with Crippen LogP contribution in [0.5, 0.6) is 0 Å². The summed E-state index contributed by atoms with van der Waals surface area (Å²) in [4.78, 5) is 14.0. The van der Waals surface area contributed by atoms with Crippen LogP contribution in [0.3, 0.4) is 0 Å². The van der Waals surface area contributed by atoms with E-state index in [1.54, 1.807) is 24.0 Å². The molecule has 1 fully saturated rings. The van der Waals surface area contributed by atoms with E-state index in [4.69, 9.17) is 4.42 Å². The van der Waals surface area contributed by atoms with Crippen LogP contribution in [0.15, 0.2) is 16.5 Å². The number of amides is 1. The molecule has 0 aromatic carbocycles. The molecule has 7 heteroatoms. The third-order valence-corrected chi connectivity index (χ3v) is 4.08. The van der Waals surface area contributed by atoms with E-state index in [1.807, 2.05) is 0 Å². The molecular formula is C13H20N2O4S. The molecule has 0 saturated carbocycles. The van der Waals surface area contributed by atoms with E-state index in [-0.39, 0.29) is 11.8 Å². The number of nitrogens with zero attached hydrogens (tertiary/aromatic N) is 1. The number of carbonyl (C=O) groups excluding carboxylic acids is 1. The topological polar surface area (TPSA) is 79.6 Å². The van der Waals surface area contributed by atoms with Crippen LogP contribution in [0.25, 0.3) is 0 Å². The van der Waals surface area contributed by atoms with Crippen LogP contribution < -0.4 is 4.72 Å². The Morgan fingerprint density at radius 1 is 1.50 bits per heavy atom. The Morgan fingerprint density at radius 3 is 2.85 bits per heavy atom. The summed E-state index contributed by atoms with van der Waals surface area (Å²) < 4.78 is 30.1. The van der Waals surface area contributed by atoms with E-state index in [0.717, 1.165) is 19.1 Å². The lowest BCUT2D eigenvalue weighted by Crippen LogP contribution is -2.43. The first kappa shape index (κ1) is 15.1. The highest BCUT2D eigenvalue weighted by Crippen LogP contribution is 2.19. The molecule has 1 amide bonds. The van der Waals surface area contributed by atoms with Crippen molar-refractivity contribution in [1.29, 1.82) is 0 Å². The van der Waals surface area contributed by atoms with Crippen molar-refractivity contribution < 1.29 is 17.6 Å². The molecule has 0 radical (unpaired) electrons. The Hall–Kier alpha value is -1.34. The minimum Gasteiger partial charge on any atom is -0.456 e. The number of hydrogen-bond donors (Lipinski definition) is 1. The zero-order valence-corrected chi connectivity index (χ0v) is 12.6. The quantitative estimate of drug-likeness (QED) is 0.899. The fourth-order valence-corrected chi connectivity index (χ4v) is 2.93. The summed E-state index contributed by atoms with van der Waals surface area (Å²) in [6, 6.07) is 3.44. The molecule has 0 aliphatic carbocycles. The van der Waals surface area contributed by atoms with E-state index in [0.29, 0.717) is 31.2 Å². The normalized spacial score (nSPS) is 20.1. The summed E-state index contributed by atoms with van der Waals surface area (Å²) in [6.07, 6.45) is 2.94. The van der Waals surface area contributed by atoms with Gasteiger partial charge in [0.15, 0.2) is 5.76 Å². The Bertz CT molecular complexity index is 579. The Balaban J connectivity index is 1.94. The fourth-order valence-electron chi connectivity index (χ4n) is 2.39. The SMILES string of the molecule is Cc1ccc(C(=O)N2CCC[C@@H](CNS(C)(=O)=O)C2)o1. The minimum absolute atomic E-state index is 0.123. The van der Waals surface area contributed by atoms with Crippen LogP contribution >= 0.6 is 0 Å². The van der Waals surface area contributed by atoms with E-state index in [9.17, 15) is 13.2 Å². The van der Waals surface area contributed by atoms with Gasteiger partial charge in [0.25, 0.3) is 5.91 Å². The van der Waals surface area contributed by atoms with Crippen LogP contribution in [0.1, 0.15) is 29.2 Å². The summed E-state index contributed by atoms with van der Waals surface area (Å²) in [5.74, 6) is 1.08. The molecule has 6 nitrogen and oxygen atoms in total. The van der Waals surface area contributed by atoms with Crippen molar-refractivity contribution in [3.05, 3.63) is 23.7 Å². The smallest absolute Gasteiger partial charge is 0.289 e. The van der Waals surface area contributed by atoms with Gasteiger partial charge in [0.05, 0.1) is 6.26 Å². The number of rotatable bonds is 4. The number of furan rings is 1. The molecular weight excluding hydrogens is 280 g/mol. The maximum atomic E-state index is 12.3. The fraction of sp³-hybridized carbons (Fsp3) is 0.615. The number of hydrogen-bond acceptors (Lipinski definition) is 4. The number of aryl methyl sites for hydroxylation is 1. The minimum atomic E-state index is -3.18. The van der Waals surface area contributed by atoms with Gasteiger partial charge in [0, 0.05) is 19.6 Å². The van der Waals surface area contributed by atoms with Crippen molar-refractivity contribution in [2.75, 3.05) is 25.9 Å². The number of sulfonamides is 1. The first-order valence-electron chi connectivity index (χ1n) is 6.65. The first-order chi connectivity index (χ1) is 9.35. The highest BCUT2D eigenvalue weighted by atomic mass is 32.2. The average molecular weight is 300 g/mol. The predicted octanol–water partition coefficient (Wildman–Crippen LogP) is 0.989. The molecule has 0 unspecified atom stereocenters. The van der Waals surface area contributed by atoms with Gasteiger partial charge in [-0.3, -0.25) is 4.79 Å². The van der Waals surface area contributed by atoms with Gasteiger partial charge in [-0.2, -0.15) is 0 Å². The van der Waals surface area contributed by atoms with Gasteiger partial charge in [-0.15, -0.1) is 0 Å². The van der Waals surface area contributed by atoms with Gasteiger partial charge in [-0.1, -0.05) is 0 Å². The monoisotopic (exact) mass is 300 g/mol. The number of piperidine rings is 1. The van der Waals surface area contributed by atoms with Gasteiger partial charge >= 0.3 is 0 Å². The lowest BCUT2D eigenvalue weighted by atomic mass is 9.98. The molecule has 20 heavy (non-hydrogen) atoms. The van der Waals surface area contributed by atoms with Gasteiger partial charge in [-0.05, 0) is 37.8 Å². The van der Waals surface area contributed by atoms with Crippen molar-refractivity contribution >= 4 is 15.9 Å². The zero-order valence-electron chi connectivity index (χ0n) is 11.8. The van der Waals surface area contributed by atoms with E-state index < -0.39 is 10.0 Å². The molecule has 2 heterocycles. The standard InChI is InChI=1S/C13H20N2O4S/c1-10-5-6-12(19-10)13(16)15-7-3-4-11(9-15)8-14-20(2,17)18/h5-6,11,14H,3-4,7-9H2,1-2H3/t11-/m0/s1. The highest BCUT2D eigenvalue weighted by molar-refractivity contribution is 7.88. The average Bonchev–Trinajstić information content (AvgIpc) is 2.82. The number of likely N-dealkylation sites (tertiary alicyclic amines) is 1. The summed E-state index contributed by atoms with van der Waals surface area (Å²) in [7, 11) is -3.18. The van der Waals surface area contributed by atoms with Gasteiger partial charge < -0.3 is 9.32 Å². The van der Waals surface area contributed by atoms with Crippen molar-refractivity contribution in [1.82, 2.24) is 9.62 Å². The van der Waals surface area contributed by atoms with Crippen molar-refractivity contribution in [2.45, 2.75) is 19.8 Å². The van der Waals surface area contributed by atoms with E-state index in [2.05, 4.69) is 4.72 Å². The lowest BCUT2D eigenvalue weighted by Gasteiger charge is -2.32. The van der Waals surface area contributed by atoms with Crippen LogP contribution in [0, 0.1) is 12.8 Å². The largest absolute Gasteiger partial charge is 0.456 e. The molecule has 1 N–H and O–H groups in total. The zero-order chi connectivity index (χ0) is 14.8. The molecule has 1 aromatic rings. The number of nitrogens with one attached hydrogen (secondary N) is 1. The van der Waals surface area contributed by atoms with Crippen molar-refractivity contribution in [3.8, 4) is 0 Å². The van der Waals surface area contributed by atoms with Gasteiger partial charge in [0.1, 0.15) is 5.76 Å². The van der Waals surface area contributed by atoms with Gasteiger partial charge in [-0.25, -0.2) is 13.1 Å². The lowest BCUT2D eigenvalue weighted by molar-refractivity contribution is 0.0643. The third kappa shape index (κ3) is 4.08. The Morgan fingerprint density at radius 2 is 2.25 bits per heavy atom. The maximum absolute atomic E-state index is 12.3. The van der Waals surface area contributed by atoms with Crippen molar-refractivity contribution in [3.63, 3.8) is 0 Å². The summed E-state index contributed by atoms with van der Waals surface area (Å²) in [5.41, 5.74) is 0. The molecule has 1 aliphatic heterocycles. The van der Waals surface area contributed by atoms with E-state index in [1.165, 1.54) is 0 Å². The summed E-state index contributed by atoms with van der Waals surface area (Å²) >= 11 is 0.